The molecule has 9 heteroatoms. The Balaban J connectivity index is 1.50. The minimum absolute atomic E-state index is 0.0391. The number of nitrogens with zero attached hydrogens (tertiary/aromatic N) is 2. The van der Waals surface area contributed by atoms with Crippen molar-refractivity contribution in [3.8, 4) is 11.6 Å². The van der Waals surface area contributed by atoms with E-state index < -0.39 is 11.7 Å². The summed E-state index contributed by atoms with van der Waals surface area (Å²) in [7, 11) is 0. The van der Waals surface area contributed by atoms with Crippen LogP contribution in [-0.2, 0) is 10.9 Å². The van der Waals surface area contributed by atoms with Crippen molar-refractivity contribution in [1.29, 1.82) is 0 Å². The maximum atomic E-state index is 12.6. The topological polar surface area (TPSA) is 73.3 Å². The number of aromatic nitrogens is 2. The van der Waals surface area contributed by atoms with Crippen molar-refractivity contribution in [2.75, 3.05) is 13.2 Å². The highest BCUT2D eigenvalue weighted by molar-refractivity contribution is 5.95. The van der Waals surface area contributed by atoms with Crippen LogP contribution in [-0.4, -0.2) is 34.6 Å². The van der Waals surface area contributed by atoms with E-state index in [0.717, 1.165) is 18.3 Å². The van der Waals surface area contributed by atoms with Crippen LogP contribution >= 0.6 is 0 Å². The summed E-state index contributed by atoms with van der Waals surface area (Å²) in [5, 5.41) is 3.61. The van der Waals surface area contributed by atoms with E-state index in [1.54, 1.807) is 30.3 Å². The van der Waals surface area contributed by atoms with Gasteiger partial charge in [0.15, 0.2) is 0 Å². The number of carbonyl (C=O) groups is 1. The minimum atomic E-state index is -4.45. The number of alkyl halides is 3. The Kier molecular flexibility index (Phi) is 4.62. The fourth-order valence-corrected chi connectivity index (χ4v) is 2.84. The molecule has 0 saturated carbocycles. The van der Waals surface area contributed by atoms with Crippen molar-refractivity contribution in [2.45, 2.75) is 18.6 Å². The maximum Gasteiger partial charge on any atom is 0.417 e. The lowest BCUT2D eigenvalue weighted by Crippen LogP contribution is -2.60. The second-order valence-electron chi connectivity index (χ2n) is 7.04. The fraction of sp³-hybridized carbons (Fsp3) is 0.250. The van der Waals surface area contributed by atoms with Gasteiger partial charge in [-0.25, -0.2) is 9.97 Å². The first-order valence-corrected chi connectivity index (χ1v) is 8.74. The number of nitrogens with one attached hydrogen (secondary N) is 1. The number of carbonyl (C=O) groups excluding carboxylic acids is 1. The lowest BCUT2D eigenvalue weighted by molar-refractivity contribution is -0.137. The number of pyridine rings is 2. The number of amides is 1. The molecular weight excluding hydrogens is 387 g/mol. The number of benzene rings is 1. The molecule has 0 unspecified atom stereocenters. The van der Waals surface area contributed by atoms with Crippen molar-refractivity contribution in [1.82, 2.24) is 15.3 Å². The molecule has 1 aromatic carbocycles. The van der Waals surface area contributed by atoms with E-state index in [4.69, 9.17) is 9.47 Å². The molecule has 1 aliphatic rings. The molecule has 29 heavy (non-hydrogen) atoms. The number of ether oxygens (including phenoxy) is 2. The molecule has 1 fully saturated rings. The number of halogens is 3. The molecule has 1 N–H and O–H groups in total. The molecular formula is C20H16F3N3O3. The largest absolute Gasteiger partial charge is 0.439 e. The summed E-state index contributed by atoms with van der Waals surface area (Å²) >= 11 is 0. The summed E-state index contributed by atoms with van der Waals surface area (Å²) < 4.78 is 48.4. The van der Waals surface area contributed by atoms with Crippen LogP contribution in [0.25, 0.3) is 10.9 Å². The van der Waals surface area contributed by atoms with Gasteiger partial charge >= 0.3 is 6.18 Å². The smallest absolute Gasteiger partial charge is 0.417 e. The first-order chi connectivity index (χ1) is 13.7. The van der Waals surface area contributed by atoms with E-state index >= 15 is 0 Å². The van der Waals surface area contributed by atoms with Gasteiger partial charge in [0.05, 0.1) is 29.8 Å². The van der Waals surface area contributed by atoms with Gasteiger partial charge in [-0.2, -0.15) is 13.2 Å². The SMILES string of the molecule is CC1(NC(=O)c2ccc3cc(Oc4ccc(C(F)(F)F)cn4)ccc3n2)COC1. The lowest BCUT2D eigenvalue weighted by atomic mass is 10.0. The summed E-state index contributed by atoms with van der Waals surface area (Å²) in [6.45, 7) is 2.82. The fourth-order valence-electron chi connectivity index (χ4n) is 2.84. The van der Waals surface area contributed by atoms with Gasteiger partial charge < -0.3 is 14.8 Å². The molecule has 6 nitrogen and oxygen atoms in total. The standard InChI is InChI=1S/C20H16F3N3O3/c1-19(10-28-11-19)26-18(27)16-5-2-12-8-14(4-6-15(12)25-16)29-17-7-3-13(9-24-17)20(21,22)23/h2-9H,10-11H2,1H3,(H,26,27). The van der Waals surface area contributed by atoms with Gasteiger partial charge in [0.25, 0.3) is 5.91 Å². The van der Waals surface area contributed by atoms with Crippen LogP contribution in [0, 0.1) is 0 Å². The Morgan fingerprint density at radius 3 is 2.59 bits per heavy atom. The third kappa shape index (κ3) is 4.14. The van der Waals surface area contributed by atoms with Crippen LogP contribution in [0.5, 0.6) is 11.6 Å². The second kappa shape index (κ2) is 7.00. The predicted octanol–water partition coefficient (Wildman–Crippen LogP) is 3.96. The monoisotopic (exact) mass is 403 g/mol. The van der Waals surface area contributed by atoms with Crippen molar-refractivity contribution in [3.63, 3.8) is 0 Å². The lowest BCUT2D eigenvalue weighted by Gasteiger charge is -2.38. The van der Waals surface area contributed by atoms with Gasteiger partial charge in [0.2, 0.25) is 5.88 Å². The summed E-state index contributed by atoms with van der Waals surface area (Å²) in [4.78, 5) is 20.4. The molecule has 3 heterocycles. The average Bonchev–Trinajstić information content (AvgIpc) is 2.66. The first-order valence-electron chi connectivity index (χ1n) is 8.74. The highest BCUT2D eigenvalue weighted by Crippen LogP contribution is 2.30. The van der Waals surface area contributed by atoms with Gasteiger partial charge in [-0.1, -0.05) is 6.07 Å². The Labute approximate surface area is 163 Å². The van der Waals surface area contributed by atoms with E-state index in [-0.39, 0.29) is 23.0 Å². The van der Waals surface area contributed by atoms with Crippen molar-refractivity contribution in [3.05, 3.63) is 59.9 Å². The van der Waals surface area contributed by atoms with Gasteiger partial charge in [0.1, 0.15) is 11.4 Å². The molecule has 0 radical (unpaired) electrons. The maximum absolute atomic E-state index is 12.6. The molecule has 150 valence electrons. The molecule has 0 bridgehead atoms. The third-order valence-electron chi connectivity index (χ3n) is 4.44. The molecule has 3 aromatic rings. The second-order valence-corrected chi connectivity index (χ2v) is 7.04. The number of hydrogen-bond acceptors (Lipinski definition) is 5. The normalized spacial score (nSPS) is 15.6. The van der Waals surface area contributed by atoms with Crippen molar-refractivity contribution in [2.24, 2.45) is 0 Å². The van der Waals surface area contributed by atoms with Gasteiger partial charge in [-0.05, 0) is 37.3 Å². The Hall–Kier alpha value is -3.20. The molecule has 4 rings (SSSR count). The molecule has 2 aromatic heterocycles. The van der Waals surface area contributed by atoms with E-state index in [0.29, 0.717) is 29.9 Å². The average molecular weight is 403 g/mol. The zero-order valence-electron chi connectivity index (χ0n) is 15.3. The van der Waals surface area contributed by atoms with Crippen LogP contribution in [0.3, 0.4) is 0 Å². The quantitative estimate of drug-likeness (QED) is 0.714. The number of hydrogen-bond donors (Lipinski definition) is 1. The Morgan fingerprint density at radius 1 is 1.17 bits per heavy atom. The van der Waals surface area contributed by atoms with Crippen LogP contribution < -0.4 is 10.1 Å². The van der Waals surface area contributed by atoms with E-state index in [2.05, 4.69) is 15.3 Å². The zero-order chi connectivity index (χ0) is 20.6. The third-order valence-corrected chi connectivity index (χ3v) is 4.44. The van der Waals surface area contributed by atoms with Gasteiger partial charge in [0, 0.05) is 17.6 Å². The minimum Gasteiger partial charge on any atom is -0.439 e. The van der Waals surface area contributed by atoms with Crippen molar-refractivity contribution >= 4 is 16.8 Å². The van der Waals surface area contributed by atoms with Crippen molar-refractivity contribution < 1.29 is 27.4 Å². The molecule has 0 atom stereocenters. The van der Waals surface area contributed by atoms with Gasteiger partial charge in [-0.3, -0.25) is 4.79 Å². The predicted molar refractivity (Wildman–Crippen MR) is 97.7 cm³/mol. The molecule has 0 spiro atoms. The summed E-state index contributed by atoms with van der Waals surface area (Å²) in [5.74, 6) is 0.145. The highest BCUT2D eigenvalue weighted by atomic mass is 19.4. The van der Waals surface area contributed by atoms with E-state index in [9.17, 15) is 18.0 Å². The van der Waals surface area contributed by atoms with Crippen LogP contribution in [0.2, 0.25) is 0 Å². The van der Waals surface area contributed by atoms with Gasteiger partial charge in [-0.15, -0.1) is 0 Å². The van der Waals surface area contributed by atoms with E-state index in [1.165, 1.54) is 0 Å². The highest BCUT2D eigenvalue weighted by Gasteiger charge is 2.35. The summed E-state index contributed by atoms with van der Waals surface area (Å²) in [5.41, 5.74) is -0.357. The summed E-state index contributed by atoms with van der Waals surface area (Å²) in [6.07, 6.45) is -3.73. The molecule has 1 aliphatic heterocycles. The molecule has 0 aliphatic carbocycles. The Morgan fingerprint density at radius 2 is 1.97 bits per heavy atom. The molecule has 1 amide bonds. The zero-order valence-corrected chi connectivity index (χ0v) is 15.3. The number of fused-ring (bicyclic) bond motifs is 1. The van der Waals surface area contributed by atoms with Crippen LogP contribution in [0.15, 0.2) is 48.7 Å². The molecule has 1 saturated heterocycles. The number of rotatable bonds is 4. The first kappa shape index (κ1) is 19.1. The van der Waals surface area contributed by atoms with E-state index in [1.807, 2.05) is 6.92 Å². The van der Waals surface area contributed by atoms with Crippen LogP contribution in [0.1, 0.15) is 23.0 Å². The Bertz CT molecular complexity index is 1060. The summed E-state index contributed by atoms with van der Waals surface area (Å²) in [6, 6.07) is 10.3. The van der Waals surface area contributed by atoms with Crippen LogP contribution in [0.4, 0.5) is 13.2 Å².